The van der Waals surface area contributed by atoms with Gasteiger partial charge in [0.05, 0.1) is 11.3 Å². The zero-order chi connectivity index (χ0) is 30.1. The fourth-order valence-electron chi connectivity index (χ4n) is 3.62. The van der Waals surface area contributed by atoms with E-state index in [-0.39, 0.29) is 17.1 Å². The first-order valence-corrected chi connectivity index (χ1v) is 14.2. The first-order valence-electron chi connectivity index (χ1n) is 12.4. The molecule has 3 amide bonds. The number of hydrogen-bond donors (Lipinski definition) is 3. The van der Waals surface area contributed by atoms with E-state index in [0.717, 1.165) is 16.6 Å². The van der Waals surface area contributed by atoms with Crippen molar-refractivity contribution in [1.29, 1.82) is 0 Å². The summed E-state index contributed by atoms with van der Waals surface area (Å²) in [6, 6.07) is 26.8. The highest BCUT2D eigenvalue weighted by molar-refractivity contribution is 9.10. The number of amides is 3. The lowest BCUT2D eigenvalue weighted by Gasteiger charge is -2.12. The minimum Gasteiger partial charge on any atom is -0.325 e. The Labute approximate surface area is 252 Å². The molecule has 4 aromatic carbocycles. The molecule has 214 valence electrons. The molecule has 0 fully saturated rings. The number of nitrogens with one attached hydrogen (secondary N) is 3. The lowest BCUT2D eigenvalue weighted by atomic mass is 10.1. The standard InChI is InChI=1S/C31H23BrF3N3O3S/c32-23-11-9-20(10-12-23)17-27(38-29(40)21-5-2-1-3-6-21)30(41)37-24-13-15-26(16-14-24)42-19-28(39)36-25-8-4-7-22(18-25)31(33,34)35/h1-18H,19H2,(H,36,39)(H,37,41)(H,38,40)/b27-17-. The third kappa shape index (κ3) is 9.08. The monoisotopic (exact) mass is 653 g/mol. The van der Waals surface area contributed by atoms with E-state index in [1.165, 1.54) is 23.9 Å². The maximum Gasteiger partial charge on any atom is 0.416 e. The molecule has 0 bridgehead atoms. The Bertz CT molecular complexity index is 1590. The summed E-state index contributed by atoms with van der Waals surface area (Å²) in [4.78, 5) is 38.9. The predicted octanol–water partition coefficient (Wildman–Crippen LogP) is 7.61. The fraction of sp³-hybridized carbons (Fsp3) is 0.0645. The van der Waals surface area contributed by atoms with Crippen LogP contribution < -0.4 is 16.0 Å². The van der Waals surface area contributed by atoms with Crippen molar-refractivity contribution in [3.8, 4) is 0 Å². The van der Waals surface area contributed by atoms with Crippen molar-refractivity contribution in [3.05, 3.63) is 130 Å². The summed E-state index contributed by atoms with van der Waals surface area (Å²) in [5, 5.41) is 7.91. The molecule has 3 N–H and O–H groups in total. The highest BCUT2D eigenvalue weighted by Crippen LogP contribution is 2.31. The number of alkyl halides is 3. The van der Waals surface area contributed by atoms with Crippen LogP contribution in [0.1, 0.15) is 21.5 Å². The summed E-state index contributed by atoms with van der Waals surface area (Å²) < 4.78 is 39.6. The van der Waals surface area contributed by atoms with Crippen molar-refractivity contribution >= 4 is 62.9 Å². The van der Waals surface area contributed by atoms with Crippen molar-refractivity contribution < 1.29 is 27.6 Å². The van der Waals surface area contributed by atoms with Gasteiger partial charge in [-0.3, -0.25) is 14.4 Å². The number of benzene rings is 4. The molecule has 0 saturated heterocycles. The van der Waals surface area contributed by atoms with Gasteiger partial charge in [-0.25, -0.2) is 0 Å². The van der Waals surface area contributed by atoms with E-state index in [2.05, 4.69) is 31.9 Å². The molecule has 0 heterocycles. The van der Waals surface area contributed by atoms with Gasteiger partial charge in [-0.1, -0.05) is 52.3 Å². The van der Waals surface area contributed by atoms with Gasteiger partial charge in [-0.15, -0.1) is 11.8 Å². The predicted molar refractivity (Wildman–Crippen MR) is 162 cm³/mol. The second kappa shape index (κ2) is 14.0. The van der Waals surface area contributed by atoms with Crippen LogP contribution in [0.15, 0.2) is 118 Å². The molecule has 4 rings (SSSR count). The Hall–Kier alpha value is -4.35. The summed E-state index contributed by atoms with van der Waals surface area (Å²) in [6.45, 7) is 0. The molecular weight excluding hydrogens is 631 g/mol. The zero-order valence-electron chi connectivity index (χ0n) is 21.7. The second-order valence-corrected chi connectivity index (χ2v) is 10.8. The molecule has 0 aromatic heterocycles. The van der Waals surface area contributed by atoms with Crippen molar-refractivity contribution in [3.63, 3.8) is 0 Å². The van der Waals surface area contributed by atoms with Crippen molar-refractivity contribution in [1.82, 2.24) is 5.32 Å². The zero-order valence-corrected chi connectivity index (χ0v) is 24.1. The first-order chi connectivity index (χ1) is 20.1. The van der Waals surface area contributed by atoms with Crippen molar-refractivity contribution in [2.45, 2.75) is 11.1 Å². The summed E-state index contributed by atoms with van der Waals surface area (Å²) in [5.41, 5.74) is 0.793. The molecule has 4 aromatic rings. The van der Waals surface area contributed by atoms with E-state index < -0.39 is 29.5 Å². The molecule has 11 heteroatoms. The van der Waals surface area contributed by atoms with Crippen LogP contribution >= 0.6 is 27.7 Å². The molecule has 0 aliphatic heterocycles. The van der Waals surface area contributed by atoms with E-state index in [0.29, 0.717) is 21.7 Å². The highest BCUT2D eigenvalue weighted by Gasteiger charge is 2.30. The second-order valence-electron chi connectivity index (χ2n) is 8.82. The quantitative estimate of drug-likeness (QED) is 0.128. The Morgan fingerprint density at radius 1 is 0.786 bits per heavy atom. The van der Waals surface area contributed by atoms with Gasteiger partial charge in [0.15, 0.2) is 0 Å². The van der Waals surface area contributed by atoms with Gasteiger partial charge in [0.25, 0.3) is 11.8 Å². The number of anilines is 2. The van der Waals surface area contributed by atoms with Gasteiger partial charge < -0.3 is 16.0 Å². The number of carbonyl (C=O) groups is 3. The van der Waals surface area contributed by atoms with Crippen LogP contribution in [-0.2, 0) is 15.8 Å². The minimum absolute atomic E-state index is 0.0342. The Kier molecular flexibility index (Phi) is 10.2. The number of thioether (sulfide) groups is 1. The van der Waals surface area contributed by atoms with E-state index in [1.54, 1.807) is 72.8 Å². The van der Waals surface area contributed by atoms with Gasteiger partial charge in [0.2, 0.25) is 5.91 Å². The normalized spacial score (nSPS) is 11.5. The SMILES string of the molecule is O=C(CSc1ccc(NC(=O)/C(=C/c2ccc(Br)cc2)NC(=O)c2ccccc2)cc1)Nc1cccc(C(F)(F)F)c1. The lowest BCUT2D eigenvalue weighted by molar-refractivity contribution is -0.137. The lowest BCUT2D eigenvalue weighted by Crippen LogP contribution is -2.30. The van der Waals surface area contributed by atoms with Gasteiger partial charge in [0.1, 0.15) is 5.70 Å². The van der Waals surface area contributed by atoms with Crippen LogP contribution in [0.5, 0.6) is 0 Å². The maximum absolute atomic E-state index is 13.2. The van der Waals surface area contributed by atoms with Crippen LogP contribution in [0.2, 0.25) is 0 Å². The molecule has 0 spiro atoms. The Morgan fingerprint density at radius 3 is 2.14 bits per heavy atom. The number of carbonyl (C=O) groups excluding carboxylic acids is 3. The van der Waals surface area contributed by atoms with Crippen LogP contribution in [0, 0.1) is 0 Å². The summed E-state index contributed by atoms with van der Waals surface area (Å²) in [5.74, 6) is -1.48. The summed E-state index contributed by atoms with van der Waals surface area (Å²) in [6.07, 6.45) is -2.94. The first kappa shape index (κ1) is 30.6. The molecule has 42 heavy (non-hydrogen) atoms. The van der Waals surface area contributed by atoms with Gasteiger partial charge in [-0.2, -0.15) is 13.2 Å². The average molecular weight is 655 g/mol. The van der Waals surface area contributed by atoms with E-state index in [9.17, 15) is 27.6 Å². The van der Waals surface area contributed by atoms with E-state index in [1.807, 2.05) is 12.1 Å². The number of halogens is 4. The van der Waals surface area contributed by atoms with E-state index >= 15 is 0 Å². The third-order valence-corrected chi connectivity index (χ3v) is 7.21. The molecule has 0 aliphatic carbocycles. The van der Waals surface area contributed by atoms with Gasteiger partial charge in [-0.05, 0) is 78.4 Å². The molecule has 0 unspecified atom stereocenters. The largest absolute Gasteiger partial charge is 0.416 e. The van der Waals surface area contributed by atoms with Crippen molar-refractivity contribution in [2.75, 3.05) is 16.4 Å². The van der Waals surface area contributed by atoms with Crippen LogP contribution in [0.3, 0.4) is 0 Å². The molecule has 6 nitrogen and oxygen atoms in total. The van der Waals surface area contributed by atoms with E-state index in [4.69, 9.17) is 0 Å². The van der Waals surface area contributed by atoms with Crippen molar-refractivity contribution in [2.24, 2.45) is 0 Å². The Morgan fingerprint density at radius 2 is 1.48 bits per heavy atom. The van der Waals surface area contributed by atoms with Crippen LogP contribution in [0.25, 0.3) is 6.08 Å². The number of hydrogen-bond acceptors (Lipinski definition) is 4. The minimum atomic E-state index is -4.50. The van der Waals surface area contributed by atoms with Crippen LogP contribution in [0.4, 0.5) is 24.5 Å². The molecule has 0 radical (unpaired) electrons. The average Bonchev–Trinajstić information content (AvgIpc) is 2.97. The van der Waals surface area contributed by atoms with Gasteiger partial charge in [0, 0.05) is 26.3 Å². The summed E-state index contributed by atoms with van der Waals surface area (Å²) in [7, 11) is 0. The molecule has 0 aliphatic rings. The highest BCUT2D eigenvalue weighted by atomic mass is 79.9. The fourth-order valence-corrected chi connectivity index (χ4v) is 4.58. The topological polar surface area (TPSA) is 87.3 Å². The van der Waals surface area contributed by atoms with Crippen LogP contribution in [-0.4, -0.2) is 23.5 Å². The number of rotatable bonds is 9. The summed E-state index contributed by atoms with van der Waals surface area (Å²) >= 11 is 4.55. The van der Waals surface area contributed by atoms with Gasteiger partial charge >= 0.3 is 6.18 Å². The molecule has 0 saturated carbocycles. The maximum atomic E-state index is 13.2. The molecule has 0 atom stereocenters. The smallest absolute Gasteiger partial charge is 0.325 e. The third-order valence-electron chi connectivity index (χ3n) is 5.67. The molecular formula is C31H23BrF3N3O3S. The Balaban J connectivity index is 1.38.